The molecule has 0 amide bonds. The third-order valence-corrected chi connectivity index (χ3v) is 1.69. The zero-order valence-electron chi connectivity index (χ0n) is 9.83. The minimum Gasteiger partial charge on any atom is -0.478 e. The summed E-state index contributed by atoms with van der Waals surface area (Å²) in [5.74, 6) is -0.981. The molecule has 1 rings (SSSR count). The van der Waals surface area contributed by atoms with Gasteiger partial charge in [-0.25, -0.2) is 4.79 Å². The van der Waals surface area contributed by atoms with Gasteiger partial charge in [-0.05, 0) is 39.5 Å². The van der Waals surface area contributed by atoms with E-state index in [1.165, 1.54) is 25.7 Å². The summed E-state index contributed by atoms with van der Waals surface area (Å²) in [4.78, 5) is 9.25. The highest BCUT2D eigenvalue weighted by molar-refractivity contribution is 5.78. The van der Waals surface area contributed by atoms with E-state index in [1.54, 1.807) is 11.6 Å². The van der Waals surface area contributed by atoms with E-state index >= 15 is 0 Å². The van der Waals surface area contributed by atoms with Crippen molar-refractivity contribution < 1.29 is 9.90 Å². The van der Waals surface area contributed by atoms with Crippen LogP contribution in [0, 0.1) is 0 Å². The molecule has 0 bridgehead atoms. The van der Waals surface area contributed by atoms with Crippen LogP contribution in [-0.2, 0) is 4.79 Å². The van der Waals surface area contributed by atoms with Crippen molar-refractivity contribution in [2.75, 3.05) is 0 Å². The number of hydrogen-bond donors (Lipinski definition) is 1. The quantitative estimate of drug-likeness (QED) is 0.525. The largest absolute Gasteiger partial charge is 0.478 e. The first kappa shape index (κ1) is 16.1. The van der Waals surface area contributed by atoms with E-state index in [-0.39, 0.29) is 0 Å². The number of aliphatic carboxylic acids is 1. The number of hydrogen-bond acceptors (Lipinski definition) is 1. The molecule has 0 aliphatic heterocycles. The first-order valence-corrected chi connectivity index (χ1v) is 5.16. The Balaban J connectivity index is 0. The lowest BCUT2D eigenvalue weighted by Gasteiger charge is -2.05. The second-order valence-electron chi connectivity index (χ2n) is 3.25. The van der Waals surface area contributed by atoms with Gasteiger partial charge >= 0.3 is 5.97 Å². The van der Waals surface area contributed by atoms with Gasteiger partial charge in [0.1, 0.15) is 0 Å². The Morgan fingerprint density at radius 3 is 2.07 bits per heavy atom. The number of allylic oxidation sites excluding steroid dienone is 3. The van der Waals surface area contributed by atoms with E-state index in [4.69, 9.17) is 5.11 Å². The molecule has 15 heavy (non-hydrogen) atoms. The van der Waals surface area contributed by atoms with Crippen LogP contribution in [0.25, 0.3) is 0 Å². The van der Waals surface area contributed by atoms with E-state index in [9.17, 15) is 4.79 Å². The minimum atomic E-state index is -0.981. The first-order valence-electron chi connectivity index (χ1n) is 5.16. The van der Waals surface area contributed by atoms with Crippen LogP contribution in [0.15, 0.2) is 37.0 Å². The molecule has 1 aliphatic carbocycles. The zero-order chi connectivity index (χ0) is 12.1. The molecule has 0 radical (unpaired) electrons. The number of carbonyl (C=O) groups is 1. The van der Waals surface area contributed by atoms with Crippen molar-refractivity contribution in [3.05, 3.63) is 37.0 Å². The molecule has 0 aromatic carbocycles. The topological polar surface area (TPSA) is 37.3 Å². The predicted molar refractivity (Wildman–Crippen MR) is 65.9 cm³/mol. The fourth-order valence-corrected chi connectivity index (χ4v) is 0.999. The second kappa shape index (κ2) is 12.7. The average Bonchev–Trinajstić information content (AvgIpc) is 2.21. The van der Waals surface area contributed by atoms with Gasteiger partial charge in [0.25, 0.3) is 0 Å². The number of carboxylic acids is 1. The Morgan fingerprint density at radius 1 is 1.47 bits per heavy atom. The van der Waals surface area contributed by atoms with Crippen molar-refractivity contribution in [3.8, 4) is 0 Å². The zero-order valence-corrected chi connectivity index (χ0v) is 9.83. The number of rotatable bonds is 1. The van der Waals surface area contributed by atoms with E-state index in [0.717, 1.165) is 6.08 Å². The molecule has 0 unspecified atom stereocenters. The Morgan fingerprint density at radius 2 is 1.93 bits per heavy atom. The minimum absolute atomic E-state index is 0.833. The fourth-order valence-electron chi connectivity index (χ4n) is 0.999. The lowest BCUT2D eigenvalue weighted by molar-refractivity contribution is -0.131. The third kappa shape index (κ3) is 19.2. The van der Waals surface area contributed by atoms with Crippen molar-refractivity contribution in [1.82, 2.24) is 0 Å². The molecule has 0 heterocycles. The predicted octanol–water partition coefficient (Wildman–Crippen LogP) is 3.96. The van der Waals surface area contributed by atoms with Crippen molar-refractivity contribution in [3.63, 3.8) is 0 Å². The van der Waals surface area contributed by atoms with Crippen LogP contribution in [-0.4, -0.2) is 11.1 Å². The maximum Gasteiger partial charge on any atom is 0.327 e. The molecule has 0 saturated carbocycles. The fraction of sp³-hybridized carbons (Fsp3) is 0.462. The molecule has 86 valence electrons. The van der Waals surface area contributed by atoms with Crippen molar-refractivity contribution in [1.29, 1.82) is 0 Å². The molecule has 2 nitrogen and oxygen atoms in total. The highest BCUT2D eigenvalue weighted by atomic mass is 16.4. The first-order chi connectivity index (χ1) is 7.08. The molecular formula is C13H22O2. The van der Waals surface area contributed by atoms with Gasteiger partial charge in [-0.2, -0.15) is 0 Å². The summed E-state index contributed by atoms with van der Waals surface area (Å²) in [5, 5.41) is 7.60. The van der Waals surface area contributed by atoms with Gasteiger partial charge in [0.05, 0.1) is 0 Å². The molecule has 0 atom stereocenters. The summed E-state index contributed by atoms with van der Waals surface area (Å²) < 4.78 is 0. The summed E-state index contributed by atoms with van der Waals surface area (Å²) in [6, 6.07) is 0. The molecular weight excluding hydrogens is 188 g/mol. The van der Waals surface area contributed by atoms with Gasteiger partial charge < -0.3 is 5.11 Å². The molecule has 2 heteroatoms. The summed E-state index contributed by atoms with van der Waals surface area (Å²) in [6.45, 7) is 10.4. The molecule has 1 N–H and O–H groups in total. The van der Waals surface area contributed by atoms with Crippen LogP contribution >= 0.6 is 0 Å². The van der Waals surface area contributed by atoms with Crippen LogP contribution in [0.1, 0.15) is 39.5 Å². The van der Waals surface area contributed by atoms with Crippen LogP contribution in [0.3, 0.4) is 0 Å². The van der Waals surface area contributed by atoms with E-state index in [1.807, 2.05) is 6.92 Å². The normalized spacial score (nSPS) is 13.1. The molecule has 0 aromatic rings. The lowest BCUT2D eigenvalue weighted by Crippen LogP contribution is -1.85. The SMILES string of the molecule is C=CC.C=CC(=O)O.CC1=CCCCC1. The second-order valence-corrected chi connectivity index (χ2v) is 3.25. The summed E-state index contributed by atoms with van der Waals surface area (Å²) >= 11 is 0. The van der Waals surface area contributed by atoms with Gasteiger partial charge in [0.15, 0.2) is 0 Å². The van der Waals surface area contributed by atoms with Crippen LogP contribution in [0.5, 0.6) is 0 Å². The molecule has 0 spiro atoms. The maximum atomic E-state index is 9.25. The van der Waals surface area contributed by atoms with Gasteiger partial charge in [0.2, 0.25) is 0 Å². The van der Waals surface area contributed by atoms with E-state index in [0.29, 0.717) is 0 Å². The molecule has 1 aliphatic rings. The van der Waals surface area contributed by atoms with Crippen molar-refractivity contribution >= 4 is 5.97 Å². The Hall–Kier alpha value is -1.31. The third-order valence-electron chi connectivity index (χ3n) is 1.69. The Kier molecular flexibility index (Phi) is 13.6. The monoisotopic (exact) mass is 210 g/mol. The highest BCUT2D eigenvalue weighted by Crippen LogP contribution is 2.15. The molecule has 0 saturated heterocycles. The molecule has 0 fully saturated rings. The van der Waals surface area contributed by atoms with E-state index < -0.39 is 5.97 Å². The maximum absolute atomic E-state index is 9.25. The summed E-state index contributed by atoms with van der Waals surface area (Å²) in [6.07, 6.45) is 10.4. The van der Waals surface area contributed by atoms with Crippen LogP contribution in [0.4, 0.5) is 0 Å². The Labute approximate surface area is 93.0 Å². The van der Waals surface area contributed by atoms with Gasteiger partial charge in [-0.15, -0.1) is 6.58 Å². The summed E-state index contributed by atoms with van der Waals surface area (Å²) in [7, 11) is 0. The van der Waals surface area contributed by atoms with Gasteiger partial charge in [-0.3, -0.25) is 0 Å². The smallest absolute Gasteiger partial charge is 0.327 e. The average molecular weight is 210 g/mol. The highest BCUT2D eigenvalue weighted by Gasteiger charge is 1.95. The van der Waals surface area contributed by atoms with Gasteiger partial charge in [0, 0.05) is 6.08 Å². The van der Waals surface area contributed by atoms with Crippen LogP contribution < -0.4 is 0 Å². The van der Waals surface area contributed by atoms with Crippen LogP contribution in [0.2, 0.25) is 0 Å². The summed E-state index contributed by atoms with van der Waals surface area (Å²) in [5.41, 5.74) is 1.59. The van der Waals surface area contributed by atoms with Crippen molar-refractivity contribution in [2.24, 2.45) is 0 Å². The van der Waals surface area contributed by atoms with Gasteiger partial charge in [-0.1, -0.05) is 24.3 Å². The standard InChI is InChI=1S/C7H12.C3H4O2.C3H6/c1-7-5-3-2-4-6-7;1-2-3(4)5;1-3-2/h5H,2-4,6H2,1H3;2H,1H2,(H,4,5);3H,1H2,2H3. The molecule has 0 aromatic heterocycles. The number of carboxylic acid groups (broad SMARTS) is 1. The Bertz CT molecular complexity index is 215. The lowest BCUT2D eigenvalue weighted by atomic mass is 10.0. The van der Waals surface area contributed by atoms with Crippen molar-refractivity contribution in [2.45, 2.75) is 39.5 Å². The van der Waals surface area contributed by atoms with E-state index in [2.05, 4.69) is 26.2 Å².